The lowest BCUT2D eigenvalue weighted by Gasteiger charge is -2.14. The van der Waals surface area contributed by atoms with E-state index in [1.165, 1.54) is 5.56 Å². The Morgan fingerprint density at radius 1 is 1.07 bits per heavy atom. The summed E-state index contributed by atoms with van der Waals surface area (Å²) in [5.74, 6) is 0.755. The SMILES string of the molecule is CCNC(=NCc1cccc(Cn2cccn2)c1)NCCC(O)c1ccccc1.I. The van der Waals surface area contributed by atoms with E-state index in [0.29, 0.717) is 19.5 Å². The molecule has 30 heavy (non-hydrogen) atoms. The topological polar surface area (TPSA) is 74.5 Å². The average molecular weight is 519 g/mol. The minimum atomic E-state index is -0.481. The summed E-state index contributed by atoms with van der Waals surface area (Å²) in [6, 6.07) is 20.1. The number of guanidine groups is 1. The van der Waals surface area contributed by atoms with Crippen LogP contribution in [0.2, 0.25) is 0 Å². The first-order valence-electron chi connectivity index (χ1n) is 10.0. The third-order valence-electron chi connectivity index (χ3n) is 4.55. The molecule has 3 aromatic rings. The number of hydrogen-bond donors (Lipinski definition) is 3. The van der Waals surface area contributed by atoms with Crippen LogP contribution in [0.4, 0.5) is 0 Å². The van der Waals surface area contributed by atoms with Crippen LogP contribution in [0.3, 0.4) is 0 Å². The predicted octanol–water partition coefficient (Wildman–Crippen LogP) is 3.73. The molecule has 3 N–H and O–H groups in total. The normalized spacial score (nSPS) is 12.1. The molecule has 160 valence electrons. The van der Waals surface area contributed by atoms with Crippen LogP contribution in [0.5, 0.6) is 0 Å². The van der Waals surface area contributed by atoms with Crippen molar-refractivity contribution in [3.05, 3.63) is 89.7 Å². The Labute approximate surface area is 195 Å². The summed E-state index contributed by atoms with van der Waals surface area (Å²) >= 11 is 0. The molecule has 1 aromatic heterocycles. The van der Waals surface area contributed by atoms with E-state index in [1.54, 1.807) is 6.20 Å². The van der Waals surface area contributed by atoms with Crippen molar-refractivity contribution in [1.82, 2.24) is 20.4 Å². The van der Waals surface area contributed by atoms with E-state index in [1.807, 2.05) is 54.2 Å². The summed E-state index contributed by atoms with van der Waals surface area (Å²) in [4.78, 5) is 4.68. The Kier molecular flexibility index (Phi) is 10.4. The predicted molar refractivity (Wildman–Crippen MR) is 132 cm³/mol. The number of halogens is 1. The first-order valence-corrected chi connectivity index (χ1v) is 10.0. The van der Waals surface area contributed by atoms with Crippen LogP contribution in [-0.4, -0.2) is 33.9 Å². The third-order valence-corrected chi connectivity index (χ3v) is 4.55. The van der Waals surface area contributed by atoms with E-state index < -0.39 is 6.10 Å². The highest BCUT2D eigenvalue weighted by molar-refractivity contribution is 14.0. The van der Waals surface area contributed by atoms with Crippen LogP contribution in [0, 0.1) is 0 Å². The van der Waals surface area contributed by atoms with Gasteiger partial charge in [-0.05, 0) is 36.1 Å². The summed E-state index contributed by atoms with van der Waals surface area (Å²) in [7, 11) is 0. The molecule has 0 fully saturated rings. The molecule has 1 heterocycles. The van der Waals surface area contributed by atoms with E-state index in [2.05, 4.69) is 45.0 Å². The van der Waals surface area contributed by atoms with Crippen molar-refractivity contribution < 1.29 is 5.11 Å². The van der Waals surface area contributed by atoms with Crippen molar-refractivity contribution in [1.29, 1.82) is 0 Å². The monoisotopic (exact) mass is 519 g/mol. The fraction of sp³-hybridized carbons (Fsp3) is 0.304. The highest BCUT2D eigenvalue weighted by atomic mass is 127. The molecule has 0 aliphatic rings. The summed E-state index contributed by atoms with van der Waals surface area (Å²) < 4.78 is 1.91. The van der Waals surface area contributed by atoms with Crippen molar-refractivity contribution in [3.8, 4) is 0 Å². The summed E-state index contributed by atoms with van der Waals surface area (Å²) in [5, 5.41) is 21.1. The van der Waals surface area contributed by atoms with Gasteiger partial charge < -0.3 is 15.7 Å². The molecule has 7 heteroatoms. The van der Waals surface area contributed by atoms with Crippen molar-refractivity contribution in [2.24, 2.45) is 4.99 Å². The quantitative estimate of drug-likeness (QED) is 0.229. The Hall–Kier alpha value is -2.39. The van der Waals surface area contributed by atoms with E-state index in [-0.39, 0.29) is 24.0 Å². The fourth-order valence-corrected chi connectivity index (χ4v) is 3.09. The maximum atomic E-state index is 10.3. The average Bonchev–Trinajstić information content (AvgIpc) is 3.26. The van der Waals surface area contributed by atoms with Crippen LogP contribution < -0.4 is 10.6 Å². The van der Waals surface area contributed by atoms with Gasteiger partial charge in [-0.1, -0.05) is 54.6 Å². The lowest BCUT2D eigenvalue weighted by atomic mass is 10.1. The summed E-state index contributed by atoms with van der Waals surface area (Å²) in [6.45, 7) is 4.80. The van der Waals surface area contributed by atoms with Crippen LogP contribution in [0.1, 0.15) is 36.1 Å². The van der Waals surface area contributed by atoms with Crippen molar-refractivity contribution in [2.75, 3.05) is 13.1 Å². The lowest BCUT2D eigenvalue weighted by Crippen LogP contribution is -2.38. The van der Waals surface area contributed by atoms with Crippen molar-refractivity contribution >= 4 is 29.9 Å². The highest BCUT2D eigenvalue weighted by Crippen LogP contribution is 2.14. The van der Waals surface area contributed by atoms with Crippen molar-refractivity contribution in [3.63, 3.8) is 0 Å². The Balaban J connectivity index is 0.00000320. The second-order valence-electron chi connectivity index (χ2n) is 6.86. The molecule has 3 rings (SSSR count). The van der Waals surface area contributed by atoms with Gasteiger partial charge >= 0.3 is 0 Å². The van der Waals surface area contributed by atoms with Crippen LogP contribution >= 0.6 is 24.0 Å². The maximum absolute atomic E-state index is 10.3. The molecule has 1 unspecified atom stereocenters. The summed E-state index contributed by atoms with van der Waals surface area (Å²) in [6.07, 6.45) is 3.89. The van der Waals surface area contributed by atoms with Gasteiger partial charge in [-0.25, -0.2) is 4.99 Å². The van der Waals surface area contributed by atoms with Gasteiger partial charge in [-0.15, -0.1) is 24.0 Å². The van der Waals surface area contributed by atoms with E-state index >= 15 is 0 Å². The first-order chi connectivity index (χ1) is 14.2. The van der Waals surface area contributed by atoms with E-state index in [0.717, 1.165) is 30.2 Å². The molecule has 0 bridgehead atoms. The lowest BCUT2D eigenvalue weighted by molar-refractivity contribution is 0.168. The maximum Gasteiger partial charge on any atom is 0.191 e. The standard InChI is InChI=1S/C23H29N5O.HI/c1-2-24-23(25-14-12-22(29)21-10-4-3-5-11-21)26-17-19-8-6-9-20(16-19)18-28-15-7-13-27-28;/h3-11,13,15-16,22,29H,2,12,14,17-18H2,1H3,(H2,24,25,26);1H. The molecule has 2 aromatic carbocycles. The van der Waals surface area contributed by atoms with Gasteiger partial charge in [0.1, 0.15) is 0 Å². The Morgan fingerprint density at radius 3 is 2.60 bits per heavy atom. The number of aliphatic hydroxyl groups is 1. The Morgan fingerprint density at radius 2 is 1.87 bits per heavy atom. The van der Waals surface area contributed by atoms with Gasteiger partial charge in [0.15, 0.2) is 5.96 Å². The molecule has 6 nitrogen and oxygen atoms in total. The molecular formula is C23H30IN5O. The van der Waals surface area contributed by atoms with E-state index in [4.69, 9.17) is 0 Å². The fourth-order valence-electron chi connectivity index (χ4n) is 3.09. The number of aromatic nitrogens is 2. The van der Waals surface area contributed by atoms with Crippen molar-refractivity contribution in [2.45, 2.75) is 32.5 Å². The number of nitrogens with zero attached hydrogens (tertiary/aromatic N) is 3. The summed E-state index contributed by atoms with van der Waals surface area (Å²) in [5.41, 5.74) is 3.28. The molecule has 0 aliphatic heterocycles. The van der Waals surface area contributed by atoms with Gasteiger partial charge in [-0.3, -0.25) is 4.68 Å². The molecule has 0 spiro atoms. The van der Waals surface area contributed by atoms with E-state index in [9.17, 15) is 5.11 Å². The zero-order chi connectivity index (χ0) is 20.3. The molecule has 0 aliphatic carbocycles. The third kappa shape index (κ3) is 7.79. The number of aliphatic imine (C=N–C) groups is 1. The zero-order valence-corrected chi connectivity index (χ0v) is 19.6. The largest absolute Gasteiger partial charge is 0.388 e. The molecular weight excluding hydrogens is 489 g/mol. The van der Waals surface area contributed by atoms with Gasteiger partial charge in [0.25, 0.3) is 0 Å². The number of hydrogen-bond acceptors (Lipinski definition) is 3. The van der Waals surface area contributed by atoms with Gasteiger partial charge in [0.05, 0.1) is 19.2 Å². The molecule has 0 saturated heterocycles. The van der Waals surface area contributed by atoms with Crippen LogP contribution in [0.15, 0.2) is 78.0 Å². The molecule has 0 amide bonds. The van der Waals surface area contributed by atoms with Gasteiger partial charge in [-0.2, -0.15) is 5.10 Å². The van der Waals surface area contributed by atoms with Gasteiger partial charge in [0.2, 0.25) is 0 Å². The number of nitrogens with one attached hydrogen (secondary N) is 2. The number of benzene rings is 2. The zero-order valence-electron chi connectivity index (χ0n) is 17.2. The van der Waals surface area contributed by atoms with Gasteiger partial charge in [0, 0.05) is 25.5 Å². The highest BCUT2D eigenvalue weighted by Gasteiger charge is 2.07. The minimum absolute atomic E-state index is 0. The van der Waals surface area contributed by atoms with Crippen LogP contribution in [0.25, 0.3) is 0 Å². The second-order valence-corrected chi connectivity index (χ2v) is 6.86. The first kappa shape index (κ1) is 23.9. The number of aliphatic hydroxyl groups excluding tert-OH is 1. The molecule has 0 radical (unpaired) electrons. The number of rotatable bonds is 9. The molecule has 1 atom stereocenters. The smallest absolute Gasteiger partial charge is 0.191 e. The van der Waals surface area contributed by atoms with Crippen LogP contribution in [-0.2, 0) is 13.1 Å². The Bertz CT molecular complexity index is 884. The molecule has 0 saturated carbocycles. The minimum Gasteiger partial charge on any atom is -0.388 e. The second kappa shape index (κ2) is 13.0.